The second-order valence-corrected chi connectivity index (χ2v) is 9.50. The van der Waals surface area contributed by atoms with Gasteiger partial charge in [-0.05, 0) is 79.6 Å². The fourth-order valence-electron chi connectivity index (χ4n) is 3.81. The molecule has 1 aliphatic rings. The molecule has 0 aromatic heterocycles. The van der Waals surface area contributed by atoms with E-state index in [0.29, 0.717) is 17.7 Å². The van der Waals surface area contributed by atoms with E-state index in [1.165, 1.54) is 46.8 Å². The van der Waals surface area contributed by atoms with Crippen molar-refractivity contribution in [1.82, 2.24) is 0 Å². The summed E-state index contributed by atoms with van der Waals surface area (Å²) in [6, 6.07) is 12.8. The topological polar surface area (TPSA) is 66.5 Å². The number of hydrogen-bond donors (Lipinski definition) is 1. The Balaban J connectivity index is 1.60. The van der Waals surface area contributed by atoms with Crippen molar-refractivity contribution in [2.45, 2.75) is 30.5 Å². The number of halogens is 4. The molecule has 1 amide bonds. The van der Waals surface area contributed by atoms with Crippen LogP contribution in [0.5, 0.6) is 0 Å². The van der Waals surface area contributed by atoms with Gasteiger partial charge in [0.1, 0.15) is 5.82 Å². The highest BCUT2D eigenvalue weighted by atomic mass is 32.2. The van der Waals surface area contributed by atoms with Gasteiger partial charge in [-0.1, -0.05) is 6.07 Å². The fraction of sp³-hybridized carbons (Fsp3) is 0.174. The number of benzene rings is 3. The van der Waals surface area contributed by atoms with Gasteiger partial charge in [-0.3, -0.25) is 9.10 Å². The normalized spacial score (nSPS) is 15.9. The molecule has 0 bridgehead atoms. The zero-order chi connectivity index (χ0) is 24.0. The lowest BCUT2D eigenvalue weighted by Gasteiger charge is -2.24. The van der Waals surface area contributed by atoms with Crippen LogP contribution in [0.15, 0.2) is 71.6 Å². The quantitative estimate of drug-likeness (QED) is 0.522. The number of carbonyl (C=O) groups excluding carboxylic acids is 1. The minimum atomic E-state index is -4.54. The van der Waals surface area contributed by atoms with Crippen LogP contribution in [-0.2, 0) is 22.6 Å². The largest absolute Gasteiger partial charge is 0.416 e. The van der Waals surface area contributed by atoms with E-state index in [-0.39, 0.29) is 16.1 Å². The summed E-state index contributed by atoms with van der Waals surface area (Å²) in [6.07, 6.45) is -4.20. The van der Waals surface area contributed by atoms with Crippen molar-refractivity contribution in [1.29, 1.82) is 0 Å². The van der Waals surface area contributed by atoms with Gasteiger partial charge in [0.2, 0.25) is 0 Å². The number of anilines is 2. The molecule has 1 atom stereocenters. The van der Waals surface area contributed by atoms with Crippen LogP contribution in [0.1, 0.15) is 28.4 Å². The molecule has 3 aromatic carbocycles. The Morgan fingerprint density at radius 3 is 2.39 bits per heavy atom. The molecule has 172 valence electrons. The van der Waals surface area contributed by atoms with Crippen molar-refractivity contribution in [3.63, 3.8) is 0 Å². The van der Waals surface area contributed by atoms with Crippen molar-refractivity contribution in [2.24, 2.45) is 0 Å². The summed E-state index contributed by atoms with van der Waals surface area (Å²) in [4.78, 5) is 12.6. The molecule has 4 rings (SSSR count). The Morgan fingerprint density at radius 2 is 1.73 bits per heavy atom. The van der Waals surface area contributed by atoms with Crippen LogP contribution in [0.4, 0.5) is 28.9 Å². The summed E-state index contributed by atoms with van der Waals surface area (Å²) in [5, 5.41) is 2.44. The van der Waals surface area contributed by atoms with Crippen LogP contribution >= 0.6 is 0 Å². The number of amides is 1. The van der Waals surface area contributed by atoms with Gasteiger partial charge in [-0.25, -0.2) is 12.8 Å². The molecule has 10 heteroatoms. The number of nitrogens with zero attached hydrogens (tertiary/aromatic N) is 1. The van der Waals surface area contributed by atoms with Gasteiger partial charge < -0.3 is 5.32 Å². The van der Waals surface area contributed by atoms with E-state index < -0.39 is 39.5 Å². The van der Waals surface area contributed by atoms with Crippen LogP contribution in [0.25, 0.3) is 0 Å². The molecule has 0 spiro atoms. The summed E-state index contributed by atoms with van der Waals surface area (Å²) in [7, 11) is -3.96. The zero-order valence-corrected chi connectivity index (χ0v) is 18.0. The van der Waals surface area contributed by atoms with E-state index in [9.17, 15) is 30.8 Å². The zero-order valence-electron chi connectivity index (χ0n) is 17.2. The summed E-state index contributed by atoms with van der Waals surface area (Å²) in [5.41, 5.74) is 0.278. The highest BCUT2D eigenvalue weighted by molar-refractivity contribution is 7.92. The molecule has 1 aliphatic heterocycles. The Bertz CT molecular complexity index is 1320. The van der Waals surface area contributed by atoms with Crippen LogP contribution < -0.4 is 9.62 Å². The van der Waals surface area contributed by atoms with Crippen LogP contribution in [-0.4, -0.2) is 20.4 Å². The van der Waals surface area contributed by atoms with Gasteiger partial charge in [-0.15, -0.1) is 0 Å². The molecule has 0 fully saturated rings. The van der Waals surface area contributed by atoms with Crippen LogP contribution in [0.3, 0.4) is 0 Å². The maximum Gasteiger partial charge on any atom is 0.416 e. The summed E-state index contributed by atoms with van der Waals surface area (Å²) >= 11 is 0. The third-order valence-electron chi connectivity index (χ3n) is 5.31. The van der Waals surface area contributed by atoms with Crippen molar-refractivity contribution in [3.8, 4) is 0 Å². The molecule has 0 radical (unpaired) electrons. The predicted octanol–water partition coefficient (Wildman–Crippen LogP) is 5.24. The van der Waals surface area contributed by atoms with Gasteiger partial charge in [0, 0.05) is 17.3 Å². The monoisotopic (exact) mass is 478 g/mol. The van der Waals surface area contributed by atoms with E-state index in [1.54, 1.807) is 6.92 Å². The third kappa shape index (κ3) is 4.43. The Kier molecular flexibility index (Phi) is 5.65. The third-order valence-corrected chi connectivity index (χ3v) is 7.26. The first-order valence-corrected chi connectivity index (χ1v) is 11.3. The number of hydrogen-bond acceptors (Lipinski definition) is 3. The number of fused-ring (bicyclic) bond motifs is 1. The van der Waals surface area contributed by atoms with E-state index in [4.69, 9.17) is 0 Å². The molecule has 33 heavy (non-hydrogen) atoms. The SMILES string of the molecule is C[C@@H]1Cc2cc(C(=O)Nc3cccc(C(F)(F)F)c3)ccc2N1S(=O)(=O)c1ccc(F)cc1. The first-order valence-electron chi connectivity index (χ1n) is 9.88. The maximum atomic E-state index is 13.2. The molecule has 0 aliphatic carbocycles. The number of nitrogens with one attached hydrogen (secondary N) is 1. The average molecular weight is 478 g/mol. The van der Waals surface area contributed by atoms with Crippen molar-refractivity contribution in [2.75, 3.05) is 9.62 Å². The van der Waals surface area contributed by atoms with Crippen molar-refractivity contribution >= 4 is 27.3 Å². The highest BCUT2D eigenvalue weighted by Gasteiger charge is 2.36. The first kappa shape index (κ1) is 22.8. The van der Waals surface area contributed by atoms with Gasteiger partial charge >= 0.3 is 6.18 Å². The smallest absolute Gasteiger partial charge is 0.322 e. The van der Waals surface area contributed by atoms with E-state index in [2.05, 4.69) is 5.32 Å². The average Bonchev–Trinajstić information content (AvgIpc) is 3.09. The lowest BCUT2D eigenvalue weighted by Crippen LogP contribution is -2.35. The second kappa shape index (κ2) is 8.18. The van der Waals surface area contributed by atoms with Gasteiger partial charge in [0.15, 0.2) is 0 Å². The lowest BCUT2D eigenvalue weighted by molar-refractivity contribution is -0.137. The minimum absolute atomic E-state index is 0.00999. The van der Waals surface area contributed by atoms with Crippen molar-refractivity contribution < 1.29 is 30.8 Å². The Labute approximate surface area is 187 Å². The van der Waals surface area contributed by atoms with Crippen molar-refractivity contribution in [3.05, 3.63) is 89.2 Å². The van der Waals surface area contributed by atoms with Gasteiger partial charge in [0.05, 0.1) is 16.1 Å². The molecule has 5 nitrogen and oxygen atoms in total. The van der Waals surface area contributed by atoms with E-state index in [1.807, 2.05) is 0 Å². The number of alkyl halides is 3. The summed E-state index contributed by atoms with van der Waals surface area (Å²) in [5.74, 6) is -1.18. The Morgan fingerprint density at radius 1 is 1.03 bits per heavy atom. The molecule has 1 N–H and O–H groups in total. The van der Waals surface area contributed by atoms with Gasteiger partial charge in [-0.2, -0.15) is 13.2 Å². The lowest BCUT2D eigenvalue weighted by atomic mass is 10.1. The molecule has 1 heterocycles. The van der Waals surface area contributed by atoms with E-state index in [0.717, 1.165) is 24.3 Å². The standard InChI is InChI=1S/C23H18F4N2O3S/c1-14-11-16-12-15(22(30)28-19-4-2-3-17(13-19)23(25,26)27)5-10-21(16)29(14)33(31,32)20-8-6-18(24)7-9-20/h2-10,12-14H,11H2,1H3,(H,28,30)/t14-/m1/s1. The van der Waals surface area contributed by atoms with Crippen LogP contribution in [0, 0.1) is 5.82 Å². The Hall–Kier alpha value is -3.40. The predicted molar refractivity (Wildman–Crippen MR) is 115 cm³/mol. The fourth-order valence-corrected chi connectivity index (χ4v) is 5.50. The number of sulfonamides is 1. The highest BCUT2D eigenvalue weighted by Crippen LogP contribution is 2.37. The number of carbonyl (C=O) groups is 1. The van der Waals surface area contributed by atoms with Crippen LogP contribution in [0.2, 0.25) is 0 Å². The molecule has 0 unspecified atom stereocenters. The number of rotatable bonds is 4. The van der Waals surface area contributed by atoms with Gasteiger partial charge in [0.25, 0.3) is 15.9 Å². The second-order valence-electron chi connectivity index (χ2n) is 7.68. The molecule has 3 aromatic rings. The minimum Gasteiger partial charge on any atom is -0.322 e. The van der Waals surface area contributed by atoms with E-state index >= 15 is 0 Å². The molecular weight excluding hydrogens is 460 g/mol. The summed E-state index contributed by atoms with van der Waals surface area (Å²) < 4.78 is 79.4. The summed E-state index contributed by atoms with van der Waals surface area (Å²) in [6.45, 7) is 1.71. The maximum absolute atomic E-state index is 13.2. The first-order chi connectivity index (χ1) is 15.5. The molecule has 0 saturated carbocycles. The molecule has 0 saturated heterocycles. The molecular formula is C23H18F4N2O3S.